The Morgan fingerprint density at radius 2 is 1.62 bits per heavy atom. The second-order valence-corrected chi connectivity index (χ2v) is 9.69. The van der Waals surface area contributed by atoms with Crippen LogP contribution in [0.25, 0.3) is 0 Å². The number of thiophene rings is 1. The molecule has 0 aliphatic heterocycles. The van der Waals surface area contributed by atoms with Gasteiger partial charge in [-0.2, -0.15) is 0 Å². The van der Waals surface area contributed by atoms with Crippen LogP contribution in [0.15, 0.2) is 29.2 Å². The van der Waals surface area contributed by atoms with Gasteiger partial charge < -0.3 is 19.9 Å². The molecule has 0 radical (unpaired) electrons. The Bertz CT molecular complexity index is 1120. The van der Waals surface area contributed by atoms with Crippen molar-refractivity contribution in [2.75, 3.05) is 33.0 Å². The van der Waals surface area contributed by atoms with Crippen LogP contribution in [0, 0.1) is 0 Å². The normalized spacial score (nSPS) is 11.3. The Morgan fingerprint density at radius 3 is 2.22 bits per heavy atom. The van der Waals surface area contributed by atoms with Crippen molar-refractivity contribution in [3.63, 3.8) is 0 Å². The smallest absolute Gasteiger partial charge is 0.348 e. The van der Waals surface area contributed by atoms with Crippen LogP contribution in [0.5, 0.6) is 0 Å². The number of hydrogen-bond donors (Lipinski definition) is 1. The first kappa shape index (κ1) is 25.3. The molecule has 0 atom stereocenters. The van der Waals surface area contributed by atoms with Crippen LogP contribution < -0.4 is 5.73 Å². The molecule has 10 nitrogen and oxygen atoms in total. The fourth-order valence-corrected chi connectivity index (χ4v) is 4.53. The molecule has 0 bridgehead atoms. The highest BCUT2D eigenvalue weighted by Gasteiger charge is 2.29. The van der Waals surface area contributed by atoms with E-state index in [0.29, 0.717) is 0 Å². The fourth-order valence-electron chi connectivity index (χ4n) is 2.63. The van der Waals surface area contributed by atoms with Gasteiger partial charge in [-0.1, -0.05) is 6.07 Å². The highest BCUT2D eigenvalue weighted by Crippen LogP contribution is 2.33. The highest BCUT2D eigenvalue weighted by molar-refractivity contribution is 7.89. The predicted molar refractivity (Wildman–Crippen MR) is 117 cm³/mol. The lowest BCUT2D eigenvalue weighted by Crippen LogP contribution is -2.22. The number of nitrogens with two attached hydrogens (primary N) is 1. The van der Waals surface area contributed by atoms with Crippen LogP contribution in [-0.4, -0.2) is 57.9 Å². The molecule has 0 saturated heterocycles. The first-order valence-corrected chi connectivity index (χ1v) is 11.7. The second-order valence-electron chi connectivity index (χ2n) is 6.48. The van der Waals surface area contributed by atoms with E-state index in [0.717, 1.165) is 15.6 Å². The Labute approximate surface area is 189 Å². The van der Waals surface area contributed by atoms with Crippen LogP contribution in [0.1, 0.15) is 49.8 Å². The lowest BCUT2D eigenvalue weighted by molar-refractivity contribution is 0.0437. The van der Waals surface area contributed by atoms with Crippen molar-refractivity contribution >= 4 is 44.3 Å². The molecule has 1 heterocycles. The number of ether oxygens (including phenoxy) is 3. The average Bonchev–Trinajstić information content (AvgIpc) is 3.08. The number of nitrogen functional groups attached to an aromatic ring is 1. The number of sulfonamides is 1. The summed E-state index contributed by atoms with van der Waals surface area (Å²) in [6.45, 7) is 2.93. The van der Waals surface area contributed by atoms with Crippen molar-refractivity contribution in [3.05, 3.63) is 45.8 Å². The number of rotatable bonds is 9. The summed E-state index contributed by atoms with van der Waals surface area (Å²) in [6, 6.07) is 5.32. The van der Waals surface area contributed by atoms with Crippen molar-refractivity contribution in [2.24, 2.45) is 0 Å². The number of benzene rings is 1. The largest absolute Gasteiger partial charge is 0.462 e. The maximum Gasteiger partial charge on any atom is 0.348 e. The summed E-state index contributed by atoms with van der Waals surface area (Å²) < 4.78 is 40.9. The van der Waals surface area contributed by atoms with Gasteiger partial charge in [0.25, 0.3) is 0 Å². The Balaban J connectivity index is 2.36. The van der Waals surface area contributed by atoms with Crippen molar-refractivity contribution in [3.8, 4) is 0 Å². The molecule has 174 valence electrons. The molecule has 32 heavy (non-hydrogen) atoms. The third kappa shape index (κ3) is 5.44. The van der Waals surface area contributed by atoms with Crippen molar-refractivity contribution < 1.29 is 37.0 Å². The van der Waals surface area contributed by atoms with E-state index < -0.39 is 34.5 Å². The second kappa shape index (κ2) is 10.6. The van der Waals surface area contributed by atoms with Crippen LogP contribution in [0.4, 0.5) is 5.00 Å². The third-order valence-corrected chi connectivity index (χ3v) is 7.02. The lowest BCUT2D eigenvalue weighted by atomic mass is 10.1. The fraction of sp³-hybridized carbons (Fsp3) is 0.350. The molecule has 2 aromatic rings. The summed E-state index contributed by atoms with van der Waals surface area (Å²) >= 11 is 0.826. The summed E-state index contributed by atoms with van der Waals surface area (Å²) in [4.78, 5) is 37.2. The number of hydrogen-bond acceptors (Lipinski definition) is 10. The summed E-state index contributed by atoms with van der Waals surface area (Å²) in [5.41, 5.74) is 5.89. The molecule has 1 aromatic carbocycles. The number of anilines is 1. The first-order chi connectivity index (χ1) is 15.0. The molecule has 0 saturated carbocycles. The standard InChI is InChI=1S/C20H24N2O8S2/c1-5-28-19(24)15-14(16(31-17(15)21)20(25)29-6-2)11-30-18(23)12-8-7-9-13(10-12)32(26,27)22(3)4/h7-10H,5-6,11,21H2,1-4H3. The maximum absolute atomic E-state index is 12.6. The van der Waals surface area contributed by atoms with E-state index in [9.17, 15) is 22.8 Å². The quantitative estimate of drug-likeness (QED) is 0.419. The molecule has 0 amide bonds. The number of nitrogens with zero attached hydrogens (tertiary/aromatic N) is 1. The van der Waals surface area contributed by atoms with E-state index in [1.165, 1.54) is 38.4 Å². The van der Waals surface area contributed by atoms with E-state index in [-0.39, 0.29) is 44.7 Å². The molecule has 0 fully saturated rings. The average molecular weight is 485 g/mol. The molecule has 0 unspecified atom stereocenters. The van der Waals surface area contributed by atoms with Crippen molar-refractivity contribution in [2.45, 2.75) is 25.3 Å². The summed E-state index contributed by atoms with van der Waals surface area (Å²) in [5.74, 6) is -2.33. The zero-order valence-corrected chi connectivity index (χ0v) is 19.7. The Morgan fingerprint density at radius 1 is 1.00 bits per heavy atom. The van der Waals surface area contributed by atoms with Gasteiger partial charge in [-0.15, -0.1) is 11.3 Å². The number of carbonyl (C=O) groups is 3. The zero-order chi connectivity index (χ0) is 24.1. The van der Waals surface area contributed by atoms with E-state index in [1.54, 1.807) is 13.8 Å². The summed E-state index contributed by atoms with van der Waals surface area (Å²) in [5, 5.41) is 0.0247. The minimum atomic E-state index is -3.76. The molecular weight excluding hydrogens is 460 g/mol. The van der Waals surface area contributed by atoms with Gasteiger partial charge in [0.15, 0.2) is 0 Å². The Hall–Kier alpha value is -2.96. The predicted octanol–water partition coefficient (Wildman–Crippen LogP) is 2.29. The van der Waals surface area contributed by atoms with Gasteiger partial charge >= 0.3 is 17.9 Å². The number of carbonyl (C=O) groups excluding carboxylic acids is 3. The van der Waals surface area contributed by atoms with Gasteiger partial charge in [-0.05, 0) is 32.0 Å². The molecule has 0 spiro atoms. The molecule has 12 heteroatoms. The zero-order valence-electron chi connectivity index (χ0n) is 18.0. The monoisotopic (exact) mass is 484 g/mol. The minimum Gasteiger partial charge on any atom is -0.462 e. The van der Waals surface area contributed by atoms with Crippen LogP contribution >= 0.6 is 11.3 Å². The van der Waals surface area contributed by atoms with E-state index >= 15 is 0 Å². The minimum absolute atomic E-state index is 0.0177. The molecule has 2 N–H and O–H groups in total. The van der Waals surface area contributed by atoms with Crippen LogP contribution in [-0.2, 0) is 30.8 Å². The molecule has 0 aliphatic rings. The van der Waals surface area contributed by atoms with E-state index in [1.807, 2.05) is 0 Å². The Kier molecular flexibility index (Phi) is 8.36. The third-order valence-electron chi connectivity index (χ3n) is 4.17. The van der Waals surface area contributed by atoms with Crippen molar-refractivity contribution in [1.82, 2.24) is 4.31 Å². The van der Waals surface area contributed by atoms with E-state index in [2.05, 4.69) is 0 Å². The number of esters is 3. The van der Waals surface area contributed by atoms with Crippen LogP contribution in [0.3, 0.4) is 0 Å². The lowest BCUT2D eigenvalue weighted by Gasteiger charge is -2.12. The van der Waals surface area contributed by atoms with Crippen molar-refractivity contribution in [1.29, 1.82) is 0 Å². The van der Waals surface area contributed by atoms with Gasteiger partial charge in [0.05, 0.1) is 23.7 Å². The summed E-state index contributed by atoms with van der Waals surface area (Å²) in [7, 11) is -1.02. The SMILES string of the molecule is CCOC(=O)c1sc(N)c(C(=O)OCC)c1COC(=O)c1cccc(S(=O)(=O)N(C)C)c1. The summed E-state index contributed by atoms with van der Waals surface area (Å²) in [6.07, 6.45) is 0. The van der Waals surface area contributed by atoms with Gasteiger partial charge in [-0.3, -0.25) is 0 Å². The van der Waals surface area contributed by atoms with Gasteiger partial charge in [-0.25, -0.2) is 27.1 Å². The maximum atomic E-state index is 12.6. The molecular formula is C20H24N2O8S2. The van der Waals surface area contributed by atoms with Gasteiger partial charge in [0.2, 0.25) is 10.0 Å². The van der Waals surface area contributed by atoms with Gasteiger partial charge in [0, 0.05) is 19.7 Å². The van der Waals surface area contributed by atoms with Gasteiger partial charge in [0.1, 0.15) is 22.0 Å². The molecule has 0 aliphatic carbocycles. The molecule has 2 rings (SSSR count). The molecule has 1 aromatic heterocycles. The highest BCUT2D eigenvalue weighted by atomic mass is 32.2. The van der Waals surface area contributed by atoms with E-state index in [4.69, 9.17) is 19.9 Å². The van der Waals surface area contributed by atoms with Crippen LogP contribution in [0.2, 0.25) is 0 Å². The topological polar surface area (TPSA) is 142 Å². The first-order valence-electron chi connectivity index (χ1n) is 9.49.